The quantitative estimate of drug-likeness (QED) is 0.610. The van der Waals surface area contributed by atoms with Gasteiger partial charge >= 0.3 is 0 Å². The largest absolute Gasteiger partial charge is 0.369 e. The second-order valence-electron chi connectivity index (χ2n) is 8.22. The van der Waals surface area contributed by atoms with Gasteiger partial charge in [-0.1, -0.05) is 0 Å². The first kappa shape index (κ1) is 20.2. The van der Waals surface area contributed by atoms with Gasteiger partial charge in [-0.2, -0.15) is 4.31 Å². The number of aryl methyl sites for hydroxylation is 2. The summed E-state index contributed by atoms with van der Waals surface area (Å²) in [6, 6.07) is 6.25. The number of nitrogens with zero attached hydrogens (tertiary/aromatic N) is 7. The fourth-order valence-corrected chi connectivity index (χ4v) is 5.83. The molecule has 4 heterocycles. The number of fused-ring (bicyclic) bond motifs is 1. The lowest BCUT2D eigenvalue weighted by molar-refractivity contribution is 0.383. The Hall–Kier alpha value is -2.72. The minimum absolute atomic E-state index is 0.124. The smallest absolute Gasteiger partial charge is 0.262 e. The maximum Gasteiger partial charge on any atom is 0.262 e. The Labute approximate surface area is 182 Å². The Morgan fingerprint density at radius 1 is 0.935 bits per heavy atom. The standard InChI is InChI=1S/C21H27N7O2S/c1-16-24-20(14-25(16)2)31(29,30)28-11-9-26(10-12-28)17-5-6-19-18(13-17)21(23-15-22-19)27-7-3-4-8-27/h5-6,13-15H,3-4,7-12H2,1-2H3. The number of sulfonamides is 1. The average Bonchev–Trinajstić information content (AvgIpc) is 3.43. The van der Waals surface area contributed by atoms with Gasteiger partial charge in [0.1, 0.15) is 18.0 Å². The summed E-state index contributed by atoms with van der Waals surface area (Å²) in [5.41, 5.74) is 2.01. The van der Waals surface area contributed by atoms with Crippen molar-refractivity contribution in [1.82, 2.24) is 23.8 Å². The van der Waals surface area contributed by atoms with Gasteiger partial charge in [-0.05, 0) is 38.0 Å². The molecule has 0 radical (unpaired) electrons. The molecule has 9 nitrogen and oxygen atoms in total. The third-order valence-corrected chi connectivity index (χ3v) is 8.07. The molecule has 0 saturated carbocycles. The molecule has 2 saturated heterocycles. The van der Waals surface area contributed by atoms with Gasteiger partial charge in [-0.3, -0.25) is 0 Å². The van der Waals surface area contributed by atoms with Crippen LogP contribution in [-0.4, -0.2) is 71.5 Å². The van der Waals surface area contributed by atoms with Gasteiger partial charge in [0.05, 0.1) is 5.52 Å². The number of rotatable bonds is 4. The van der Waals surface area contributed by atoms with E-state index in [0.717, 1.165) is 35.5 Å². The topological polar surface area (TPSA) is 87.5 Å². The van der Waals surface area contributed by atoms with E-state index < -0.39 is 10.0 Å². The molecule has 0 bridgehead atoms. The summed E-state index contributed by atoms with van der Waals surface area (Å²) in [6.45, 7) is 5.98. The van der Waals surface area contributed by atoms with Crippen molar-refractivity contribution in [3.63, 3.8) is 0 Å². The van der Waals surface area contributed by atoms with Crippen LogP contribution in [0.3, 0.4) is 0 Å². The van der Waals surface area contributed by atoms with Crippen molar-refractivity contribution in [1.29, 1.82) is 0 Å². The maximum absolute atomic E-state index is 13.0. The van der Waals surface area contributed by atoms with Crippen molar-refractivity contribution in [2.24, 2.45) is 7.05 Å². The van der Waals surface area contributed by atoms with Gasteiger partial charge in [0.15, 0.2) is 5.03 Å². The molecule has 0 spiro atoms. The van der Waals surface area contributed by atoms with Crippen LogP contribution in [-0.2, 0) is 17.1 Å². The first-order chi connectivity index (χ1) is 14.9. The Balaban J connectivity index is 1.36. The number of aromatic nitrogens is 4. The molecule has 2 aliphatic heterocycles. The lowest BCUT2D eigenvalue weighted by atomic mass is 10.1. The number of benzene rings is 1. The molecule has 10 heteroatoms. The fourth-order valence-electron chi connectivity index (χ4n) is 4.38. The number of imidazole rings is 1. The van der Waals surface area contributed by atoms with E-state index in [1.165, 1.54) is 17.1 Å². The van der Waals surface area contributed by atoms with Crippen molar-refractivity contribution in [3.8, 4) is 0 Å². The molecular formula is C21H27N7O2S. The van der Waals surface area contributed by atoms with Crippen LogP contribution in [0.5, 0.6) is 0 Å². The average molecular weight is 442 g/mol. The lowest BCUT2D eigenvalue weighted by Crippen LogP contribution is -2.48. The molecule has 5 rings (SSSR count). The second-order valence-corrected chi connectivity index (χ2v) is 10.1. The second kappa shape index (κ2) is 7.76. The van der Waals surface area contributed by atoms with Gasteiger partial charge in [-0.25, -0.2) is 23.4 Å². The predicted octanol–water partition coefficient (Wildman–Crippen LogP) is 1.78. The monoisotopic (exact) mass is 441 g/mol. The van der Waals surface area contributed by atoms with Crippen LogP contribution >= 0.6 is 0 Å². The van der Waals surface area contributed by atoms with E-state index in [9.17, 15) is 8.42 Å². The highest BCUT2D eigenvalue weighted by atomic mass is 32.2. The van der Waals surface area contributed by atoms with Crippen molar-refractivity contribution in [2.45, 2.75) is 24.8 Å². The summed E-state index contributed by atoms with van der Waals surface area (Å²) in [7, 11) is -1.77. The number of hydrogen-bond donors (Lipinski definition) is 0. The highest BCUT2D eigenvalue weighted by Crippen LogP contribution is 2.30. The zero-order chi connectivity index (χ0) is 21.6. The first-order valence-electron chi connectivity index (χ1n) is 10.7. The zero-order valence-electron chi connectivity index (χ0n) is 17.9. The molecule has 2 fully saturated rings. The number of piperazine rings is 1. The van der Waals surface area contributed by atoms with E-state index in [1.807, 2.05) is 6.07 Å². The number of anilines is 2. The minimum atomic E-state index is -3.57. The molecule has 0 amide bonds. The van der Waals surface area contributed by atoms with Crippen molar-refractivity contribution in [3.05, 3.63) is 36.5 Å². The summed E-state index contributed by atoms with van der Waals surface area (Å²) >= 11 is 0. The Morgan fingerprint density at radius 2 is 1.68 bits per heavy atom. The van der Waals surface area contributed by atoms with Crippen molar-refractivity contribution in [2.75, 3.05) is 49.1 Å². The normalized spacial score (nSPS) is 18.3. The summed E-state index contributed by atoms with van der Waals surface area (Å²) < 4.78 is 29.2. The van der Waals surface area contributed by atoms with Gasteiger partial charge in [0.2, 0.25) is 0 Å². The summed E-state index contributed by atoms with van der Waals surface area (Å²) in [4.78, 5) is 17.8. The highest BCUT2D eigenvalue weighted by molar-refractivity contribution is 7.89. The van der Waals surface area contributed by atoms with E-state index in [-0.39, 0.29) is 5.03 Å². The van der Waals surface area contributed by atoms with Crippen LogP contribution in [0.4, 0.5) is 11.5 Å². The molecule has 31 heavy (non-hydrogen) atoms. The van der Waals surface area contributed by atoms with Gasteiger partial charge in [0, 0.05) is 63.6 Å². The molecule has 164 valence electrons. The molecule has 1 aromatic carbocycles. The van der Waals surface area contributed by atoms with Crippen LogP contribution < -0.4 is 9.80 Å². The van der Waals surface area contributed by atoms with Crippen molar-refractivity contribution < 1.29 is 8.42 Å². The lowest BCUT2D eigenvalue weighted by Gasteiger charge is -2.35. The molecule has 0 unspecified atom stereocenters. The molecule has 3 aromatic rings. The van der Waals surface area contributed by atoms with Gasteiger partial charge in [-0.15, -0.1) is 0 Å². The summed E-state index contributed by atoms with van der Waals surface area (Å²) in [5.74, 6) is 1.68. The fraction of sp³-hybridized carbons (Fsp3) is 0.476. The molecule has 0 atom stereocenters. The molecule has 0 aliphatic carbocycles. The van der Waals surface area contributed by atoms with E-state index in [0.29, 0.717) is 32.0 Å². The molecule has 2 aliphatic rings. The van der Waals surface area contributed by atoms with Gasteiger partial charge < -0.3 is 14.4 Å². The summed E-state index contributed by atoms with van der Waals surface area (Å²) in [6.07, 6.45) is 5.60. The van der Waals surface area contributed by atoms with E-state index in [2.05, 4.69) is 36.9 Å². The maximum atomic E-state index is 13.0. The molecule has 0 N–H and O–H groups in total. The van der Waals surface area contributed by atoms with Crippen LogP contribution in [0.1, 0.15) is 18.7 Å². The van der Waals surface area contributed by atoms with Gasteiger partial charge in [0.25, 0.3) is 10.0 Å². The third-order valence-electron chi connectivity index (χ3n) is 6.30. The summed E-state index contributed by atoms with van der Waals surface area (Å²) in [5, 5.41) is 1.18. The van der Waals surface area contributed by atoms with E-state index in [4.69, 9.17) is 0 Å². The zero-order valence-corrected chi connectivity index (χ0v) is 18.7. The van der Waals surface area contributed by atoms with E-state index in [1.54, 1.807) is 31.1 Å². The molecular weight excluding hydrogens is 414 g/mol. The third kappa shape index (κ3) is 3.63. The Morgan fingerprint density at radius 3 is 2.35 bits per heavy atom. The van der Waals surface area contributed by atoms with Crippen LogP contribution in [0.15, 0.2) is 35.7 Å². The van der Waals surface area contributed by atoms with Crippen LogP contribution in [0.2, 0.25) is 0 Å². The highest BCUT2D eigenvalue weighted by Gasteiger charge is 2.31. The Kier molecular flexibility index (Phi) is 5.05. The Bertz CT molecular complexity index is 1190. The van der Waals surface area contributed by atoms with Crippen molar-refractivity contribution >= 4 is 32.4 Å². The van der Waals surface area contributed by atoms with E-state index >= 15 is 0 Å². The SMILES string of the molecule is Cc1nc(S(=O)(=O)N2CCN(c3ccc4ncnc(N5CCCC5)c4c3)CC2)cn1C. The van der Waals surface area contributed by atoms with Crippen LogP contribution in [0.25, 0.3) is 10.9 Å². The first-order valence-corrected chi connectivity index (χ1v) is 12.1. The van der Waals surface area contributed by atoms with Crippen LogP contribution in [0, 0.1) is 6.92 Å². The molecule has 2 aromatic heterocycles. The number of hydrogen-bond acceptors (Lipinski definition) is 7. The minimum Gasteiger partial charge on any atom is -0.369 e. The predicted molar refractivity (Wildman–Crippen MR) is 120 cm³/mol.